The summed E-state index contributed by atoms with van der Waals surface area (Å²) in [5.41, 5.74) is 1.18. The lowest BCUT2D eigenvalue weighted by atomic mass is 9.87. The Kier molecular flexibility index (Phi) is 3.22. The first-order valence-electron chi connectivity index (χ1n) is 6.73. The lowest BCUT2D eigenvalue weighted by Crippen LogP contribution is -2.51. The third-order valence-electron chi connectivity index (χ3n) is 3.84. The normalized spacial score (nSPS) is 22.1. The van der Waals surface area contributed by atoms with Crippen molar-refractivity contribution in [1.82, 2.24) is 15.5 Å². The SMILES string of the molecule is c1cc(C2CCCCC2)nnc1NC1CNC1. The summed E-state index contributed by atoms with van der Waals surface area (Å²) >= 11 is 0. The number of rotatable bonds is 3. The van der Waals surface area contributed by atoms with Gasteiger partial charge < -0.3 is 10.6 Å². The Labute approximate surface area is 102 Å². The lowest BCUT2D eigenvalue weighted by Gasteiger charge is -2.28. The summed E-state index contributed by atoms with van der Waals surface area (Å²) in [5, 5.41) is 15.3. The minimum absolute atomic E-state index is 0.532. The molecule has 0 aromatic carbocycles. The predicted octanol–water partition coefficient (Wildman–Crippen LogP) is 1.91. The number of hydrogen-bond acceptors (Lipinski definition) is 4. The van der Waals surface area contributed by atoms with E-state index in [2.05, 4.69) is 33.0 Å². The molecule has 0 amide bonds. The summed E-state index contributed by atoms with van der Waals surface area (Å²) in [6, 6.07) is 4.76. The highest BCUT2D eigenvalue weighted by Crippen LogP contribution is 2.31. The molecule has 0 bridgehead atoms. The van der Waals surface area contributed by atoms with E-state index in [0.717, 1.165) is 18.9 Å². The van der Waals surface area contributed by atoms with Crippen LogP contribution in [-0.4, -0.2) is 29.3 Å². The van der Waals surface area contributed by atoms with Gasteiger partial charge in [0.15, 0.2) is 0 Å². The van der Waals surface area contributed by atoms with Crippen molar-refractivity contribution in [3.63, 3.8) is 0 Å². The molecule has 4 nitrogen and oxygen atoms in total. The van der Waals surface area contributed by atoms with Crippen molar-refractivity contribution >= 4 is 5.82 Å². The van der Waals surface area contributed by atoms with Crippen LogP contribution in [0.5, 0.6) is 0 Å². The second kappa shape index (κ2) is 5.00. The molecule has 0 radical (unpaired) electrons. The summed E-state index contributed by atoms with van der Waals surface area (Å²) < 4.78 is 0. The second-order valence-electron chi connectivity index (χ2n) is 5.18. The molecule has 2 N–H and O–H groups in total. The van der Waals surface area contributed by atoms with Gasteiger partial charge in [0.1, 0.15) is 5.82 Å². The molecule has 1 aromatic rings. The minimum atomic E-state index is 0.532. The first-order chi connectivity index (χ1) is 8.42. The monoisotopic (exact) mass is 232 g/mol. The molecule has 4 heteroatoms. The molecule has 0 atom stereocenters. The smallest absolute Gasteiger partial charge is 0.148 e. The zero-order valence-electron chi connectivity index (χ0n) is 10.2. The maximum Gasteiger partial charge on any atom is 0.148 e. The topological polar surface area (TPSA) is 49.8 Å². The van der Waals surface area contributed by atoms with Gasteiger partial charge >= 0.3 is 0 Å². The van der Waals surface area contributed by atoms with Gasteiger partial charge in [0.25, 0.3) is 0 Å². The van der Waals surface area contributed by atoms with Gasteiger partial charge in [-0.2, -0.15) is 5.10 Å². The van der Waals surface area contributed by atoms with Gasteiger partial charge in [-0.05, 0) is 25.0 Å². The zero-order chi connectivity index (χ0) is 11.5. The first-order valence-corrected chi connectivity index (χ1v) is 6.73. The molecule has 1 aromatic heterocycles. The van der Waals surface area contributed by atoms with Crippen molar-refractivity contribution in [3.05, 3.63) is 17.8 Å². The van der Waals surface area contributed by atoms with Crippen molar-refractivity contribution < 1.29 is 0 Å². The molecule has 17 heavy (non-hydrogen) atoms. The summed E-state index contributed by atoms with van der Waals surface area (Å²) in [4.78, 5) is 0. The molecular formula is C13H20N4. The third-order valence-corrected chi connectivity index (χ3v) is 3.84. The highest BCUT2D eigenvalue weighted by molar-refractivity contribution is 5.35. The molecule has 1 saturated heterocycles. The van der Waals surface area contributed by atoms with Crippen molar-refractivity contribution in [2.45, 2.75) is 44.1 Å². The fourth-order valence-electron chi connectivity index (χ4n) is 2.64. The average Bonchev–Trinajstić information content (AvgIpc) is 2.36. The maximum absolute atomic E-state index is 4.38. The summed E-state index contributed by atoms with van der Waals surface area (Å²) in [7, 11) is 0. The fraction of sp³-hybridized carbons (Fsp3) is 0.692. The van der Waals surface area contributed by atoms with E-state index in [1.54, 1.807) is 0 Å². The highest BCUT2D eigenvalue weighted by Gasteiger charge is 2.19. The van der Waals surface area contributed by atoms with E-state index in [-0.39, 0.29) is 0 Å². The molecule has 2 aliphatic rings. The van der Waals surface area contributed by atoms with Gasteiger partial charge in [-0.1, -0.05) is 19.3 Å². The molecule has 2 heterocycles. The van der Waals surface area contributed by atoms with Crippen LogP contribution in [0.3, 0.4) is 0 Å². The van der Waals surface area contributed by atoms with Crippen LogP contribution >= 0.6 is 0 Å². The molecular weight excluding hydrogens is 212 g/mol. The second-order valence-corrected chi connectivity index (χ2v) is 5.18. The predicted molar refractivity (Wildman–Crippen MR) is 68.1 cm³/mol. The molecule has 0 spiro atoms. The van der Waals surface area contributed by atoms with Crippen molar-refractivity contribution in [3.8, 4) is 0 Å². The standard InChI is InChI=1S/C13H20N4/c1-2-4-10(5-3-1)12-6-7-13(17-16-12)15-11-8-14-9-11/h6-7,10-11,14H,1-5,8-9H2,(H,15,17). The summed E-state index contributed by atoms with van der Waals surface area (Å²) in [6.45, 7) is 2.07. The van der Waals surface area contributed by atoms with Crippen LogP contribution < -0.4 is 10.6 Å². The maximum atomic E-state index is 4.38. The van der Waals surface area contributed by atoms with Crippen LogP contribution in [0, 0.1) is 0 Å². The zero-order valence-corrected chi connectivity index (χ0v) is 10.2. The van der Waals surface area contributed by atoms with Crippen molar-refractivity contribution in [2.24, 2.45) is 0 Å². The van der Waals surface area contributed by atoms with Crippen molar-refractivity contribution in [2.75, 3.05) is 18.4 Å². The number of aromatic nitrogens is 2. The molecule has 3 rings (SSSR count). The van der Waals surface area contributed by atoms with Crippen LogP contribution in [0.2, 0.25) is 0 Å². The van der Waals surface area contributed by atoms with Crippen LogP contribution in [-0.2, 0) is 0 Å². The first kappa shape index (κ1) is 11.0. The van der Waals surface area contributed by atoms with Gasteiger partial charge in [0.2, 0.25) is 0 Å². The van der Waals surface area contributed by atoms with E-state index in [9.17, 15) is 0 Å². The number of hydrogen-bond donors (Lipinski definition) is 2. The van der Waals surface area contributed by atoms with E-state index in [0.29, 0.717) is 12.0 Å². The summed E-state index contributed by atoms with van der Waals surface area (Å²) in [6.07, 6.45) is 6.65. The molecule has 92 valence electrons. The van der Waals surface area contributed by atoms with Crippen LogP contribution in [0.15, 0.2) is 12.1 Å². The van der Waals surface area contributed by atoms with Crippen LogP contribution in [0.1, 0.15) is 43.7 Å². The molecule has 2 fully saturated rings. The van der Waals surface area contributed by atoms with Crippen LogP contribution in [0.25, 0.3) is 0 Å². The van der Waals surface area contributed by atoms with E-state index in [1.165, 1.54) is 37.8 Å². The lowest BCUT2D eigenvalue weighted by molar-refractivity contribution is 0.433. The van der Waals surface area contributed by atoms with E-state index >= 15 is 0 Å². The number of anilines is 1. The minimum Gasteiger partial charge on any atom is -0.363 e. The van der Waals surface area contributed by atoms with Gasteiger partial charge in [0, 0.05) is 19.0 Å². The molecule has 1 aliphatic heterocycles. The fourth-order valence-corrected chi connectivity index (χ4v) is 2.64. The van der Waals surface area contributed by atoms with E-state index in [1.807, 2.05) is 0 Å². The Morgan fingerprint density at radius 1 is 1.06 bits per heavy atom. The summed E-state index contributed by atoms with van der Waals surface area (Å²) in [5.74, 6) is 1.56. The Morgan fingerprint density at radius 3 is 2.47 bits per heavy atom. The Bertz CT molecular complexity index is 352. The Morgan fingerprint density at radius 2 is 1.88 bits per heavy atom. The van der Waals surface area contributed by atoms with Gasteiger partial charge in [-0.15, -0.1) is 5.10 Å². The van der Waals surface area contributed by atoms with Crippen LogP contribution in [0.4, 0.5) is 5.82 Å². The average molecular weight is 232 g/mol. The molecule has 1 saturated carbocycles. The van der Waals surface area contributed by atoms with E-state index < -0.39 is 0 Å². The highest BCUT2D eigenvalue weighted by atomic mass is 15.2. The van der Waals surface area contributed by atoms with Gasteiger partial charge in [-0.3, -0.25) is 0 Å². The molecule has 1 aliphatic carbocycles. The number of nitrogens with zero attached hydrogens (tertiary/aromatic N) is 2. The molecule has 0 unspecified atom stereocenters. The van der Waals surface area contributed by atoms with Gasteiger partial charge in [-0.25, -0.2) is 0 Å². The Hall–Kier alpha value is -1.16. The van der Waals surface area contributed by atoms with E-state index in [4.69, 9.17) is 0 Å². The third kappa shape index (κ3) is 2.57. The van der Waals surface area contributed by atoms with Crippen molar-refractivity contribution in [1.29, 1.82) is 0 Å². The number of nitrogens with one attached hydrogen (secondary N) is 2. The quantitative estimate of drug-likeness (QED) is 0.836. The van der Waals surface area contributed by atoms with Gasteiger partial charge in [0.05, 0.1) is 11.7 Å². The Balaban J connectivity index is 1.62. The largest absolute Gasteiger partial charge is 0.363 e.